The van der Waals surface area contributed by atoms with Crippen molar-refractivity contribution < 1.29 is 18.0 Å². The summed E-state index contributed by atoms with van der Waals surface area (Å²) < 4.78 is 40.7. The van der Waals surface area contributed by atoms with Gasteiger partial charge in [0, 0.05) is 13.0 Å². The number of nitrogens with zero attached hydrogens (tertiary/aromatic N) is 1. The fourth-order valence-electron chi connectivity index (χ4n) is 3.16. The second-order valence-electron chi connectivity index (χ2n) is 6.11. The molecule has 0 aliphatic carbocycles. The molecule has 1 aliphatic heterocycles. The third kappa shape index (κ3) is 3.38. The highest BCUT2D eigenvalue weighted by molar-refractivity contribution is 5.84. The van der Waals surface area contributed by atoms with Gasteiger partial charge in [-0.2, -0.15) is 13.2 Å². The standard InChI is InChI=1S/C18H19F3N2O/c1-2-3-12-4-5-14-11-15(7-6-13(14)10-12)17(18(19,20)21)23-9-8-16(24)22-23/h4-7,10-11,17H,2-3,8-9H2,1H3,(H,22,24). The molecule has 2 aromatic carbocycles. The van der Waals surface area contributed by atoms with E-state index in [0.29, 0.717) is 0 Å². The van der Waals surface area contributed by atoms with Gasteiger partial charge >= 0.3 is 6.18 Å². The summed E-state index contributed by atoms with van der Waals surface area (Å²) >= 11 is 0. The molecule has 1 fully saturated rings. The third-order valence-corrected chi connectivity index (χ3v) is 4.25. The first-order valence-corrected chi connectivity index (χ1v) is 8.04. The van der Waals surface area contributed by atoms with E-state index in [4.69, 9.17) is 0 Å². The van der Waals surface area contributed by atoms with Crippen LogP contribution in [0.2, 0.25) is 0 Å². The number of fused-ring (bicyclic) bond motifs is 1. The van der Waals surface area contributed by atoms with Crippen LogP contribution in [-0.2, 0) is 11.2 Å². The molecule has 1 amide bonds. The predicted molar refractivity (Wildman–Crippen MR) is 86.2 cm³/mol. The largest absolute Gasteiger partial charge is 0.409 e. The van der Waals surface area contributed by atoms with E-state index in [2.05, 4.69) is 12.3 Å². The lowest BCUT2D eigenvalue weighted by Crippen LogP contribution is -2.43. The van der Waals surface area contributed by atoms with Crippen LogP contribution < -0.4 is 5.43 Å². The molecule has 1 aliphatic rings. The quantitative estimate of drug-likeness (QED) is 0.910. The van der Waals surface area contributed by atoms with Crippen molar-refractivity contribution >= 4 is 16.7 Å². The van der Waals surface area contributed by atoms with Crippen molar-refractivity contribution in [2.75, 3.05) is 6.54 Å². The lowest BCUT2D eigenvalue weighted by molar-refractivity contribution is -0.191. The van der Waals surface area contributed by atoms with Gasteiger partial charge in [-0.3, -0.25) is 10.2 Å². The van der Waals surface area contributed by atoms with Crippen molar-refractivity contribution in [2.24, 2.45) is 0 Å². The number of halogens is 3. The molecule has 1 heterocycles. The van der Waals surface area contributed by atoms with E-state index in [1.807, 2.05) is 18.2 Å². The van der Waals surface area contributed by atoms with Crippen LogP contribution in [0.25, 0.3) is 10.8 Å². The zero-order chi connectivity index (χ0) is 17.3. The Bertz CT molecular complexity index is 758. The molecule has 3 nitrogen and oxygen atoms in total. The summed E-state index contributed by atoms with van der Waals surface area (Å²) in [5.74, 6) is -0.380. The highest BCUT2D eigenvalue weighted by Crippen LogP contribution is 2.38. The van der Waals surface area contributed by atoms with E-state index in [1.165, 1.54) is 11.6 Å². The Morgan fingerprint density at radius 2 is 1.88 bits per heavy atom. The minimum absolute atomic E-state index is 0.0521. The maximum absolute atomic E-state index is 13.6. The fraction of sp³-hybridized carbons (Fsp3) is 0.389. The molecule has 0 aromatic heterocycles. The Hall–Kier alpha value is -2.08. The second kappa shape index (κ2) is 6.43. The molecule has 0 bridgehead atoms. The van der Waals surface area contributed by atoms with E-state index in [-0.39, 0.29) is 24.4 Å². The molecule has 1 unspecified atom stereocenters. The summed E-state index contributed by atoms with van der Waals surface area (Å²) in [4.78, 5) is 11.3. The van der Waals surface area contributed by atoms with Crippen LogP contribution in [0.5, 0.6) is 0 Å². The first kappa shape index (κ1) is 16.8. The summed E-state index contributed by atoms with van der Waals surface area (Å²) in [6, 6.07) is 8.79. The van der Waals surface area contributed by atoms with Crippen molar-refractivity contribution in [1.29, 1.82) is 0 Å². The van der Waals surface area contributed by atoms with Crippen molar-refractivity contribution in [3.05, 3.63) is 47.5 Å². The molecule has 0 saturated carbocycles. The number of hydrogen-bond acceptors (Lipinski definition) is 2. The van der Waals surface area contributed by atoms with Crippen LogP contribution in [-0.4, -0.2) is 23.6 Å². The predicted octanol–water partition coefficient (Wildman–Crippen LogP) is 4.13. The van der Waals surface area contributed by atoms with E-state index in [0.717, 1.165) is 28.6 Å². The summed E-state index contributed by atoms with van der Waals surface area (Å²) in [6.45, 7) is 2.14. The molecule has 1 atom stereocenters. The van der Waals surface area contributed by atoms with Gasteiger partial charge in [0.05, 0.1) is 0 Å². The summed E-state index contributed by atoms with van der Waals surface area (Å²) in [6.07, 6.45) is -2.41. The highest BCUT2D eigenvalue weighted by Gasteiger charge is 2.46. The van der Waals surface area contributed by atoms with Crippen molar-refractivity contribution in [2.45, 2.75) is 38.4 Å². The van der Waals surface area contributed by atoms with Crippen molar-refractivity contribution in [1.82, 2.24) is 10.4 Å². The molecule has 3 rings (SSSR count). The number of benzene rings is 2. The maximum Gasteiger partial charge on any atom is 0.409 e. The Balaban J connectivity index is 1.98. The zero-order valence-electron chi connectivity index (χ0n) is 13.4. The SMILES string of the molecule is CCCc1ccc2cc(C(N3CCC(=O)N3)C(F)(F)F)ccc2c1. The monoisotopic (exact) mass is 336 g/mol. The average Bonchev–Trinajstić information content (AvgIpc) is 2.92. The Morgan fingerprint density at radius 1 is 1.17 bits per heavy atom. The lowest BCUT2D eigenvalue weighted by Gasteiger charge is -2.29. The van der Waals surface area contributed by atoms with Crippen LogP contribution in [0.15, 0.2) is 36.4 Å². The van der Waals surface area contributed by atoms with Crippen molar-refractivity contribution in [3.63, 3.8) is 0 Å². The fourth-order valence-corrected chi connectivity index (χ4v) is 3.16. The number of rotatable bonds is 4. The minimum atomic E-state index is -4.46. The van der Waals surface area contributed by atoms with Gasteiger partial charge in [0.2, 0.25) is 5.91 Å². The number of carbonyl (C=O) groups is 1. The molecule has 0 spiro atoms. The highest BCUT2D eigenvalue weighted by atomic mass is 19.4. The Morgan fingerprint density at radius 3 is 2.50 bits per heavy atom. The normalized spacial score (nSPS) is 17.2. The minimum Gasteiger partial charge on any atom is -0.288 e. The van der Waals surface area contributed by atoms with Crippen LogP contribution >= 0.6 is 0 Å². The molecular formula is C18H19F3N2O. The molecule has 0 radical (unpaired) electrons. The first-order chi connectivity index (χ1) is 11.4. The molecule has 1 N–H and O–H groups in total. The number of hydrogen-bond donors (Lipinski definition) is 1. The van der Waals surface area contributed by atoms with E-state index in [1.54, 1.807) is 12.1 Å². The van der Waals surface area contributed by atoms with Gasteiger partial charge in [-0.05, 0) is 34.4 Å². The second-order valence-corrected chi connectivity index (χ2v) is 6.11. The van der Waals surface area contributed by atoms with Gasteiger partial charge in [0.25, 0.3) is 0 Å². The van der Waals surface area contributed by atoms with Crippen LogP contribution in [0.3, 0.4) is 0 Å². The van der Waals surface area contributed by atoms with Gasteiger partial charge in [-0.25, -0.2) is 5.01 Å². The lowest BCUT2D eigenvalue weighted by atomic mass is 9.98. The maximum atomic E-state index is 13.6. The van der Waals surface area contributed by atoms with Gasteiger partial charge in [-0.1, -0.05) is 43.7 Å². The van der Waals surface area contributed by atoms with Crippen LogP contribution in [0.4, 0.5) is 13.2 Å². The number of amides is 1. The number of nitrogens with one attached hydrogen (secondary N) is 1. The Kier molecular flexibility index (Phi) is 4.49. The summed E-state index contributed by atoms with van der Waals surface area (Å²) in [7, 11) is 0. The van der Waals surface area contributed by atoms with Gasteiger partial charge in [0.1, 0.15) is 6.04 Å². The molecule has 6 heteroatoms. The zero-order valence-corrected chi connectivity index (χ0v) is 13.4. The smallest absolute Gasteiger partial charge is 0.288 e. The number of carbonyl (C=O) groups excluding carboxylic acids is 1. The topological polar surface area (TPSA) is 32.3 Å². The molecule has 1 saturated heterocycles. The van der Waals surface area contributed by atoms with Gasteiger partial charge < -0.3 is 0 Å². The van der Waals surface area contributed by atoms with Gasteiger partial charge in [-0.15, -0.1) is 0 Å². The number of aryl methyl sites for hydroxylation is 1. The Labute approximate surface area is 138 Å². The van der Waals surface area contributed by atoms with E-state index in [9.17, 15) is 18.0 Å². The van der Waals surface area contributed by atoms with Crippen LogP contribution in [0.1, 0.15) is 36.9 Å². The molecule has 128 valence electrons. The molecular weight excluding hydrogens is 317 g/mol. The summed E-state index contributed by atoms with van der Waals surface area (Å²) in [5, 5.41) is 2.68. The number of hydrazine groups is 1. The third-order valence-electron chi connectivity index (χ3n) is 4.25. The average molecular weight is 336 g/mol. The first-order valence-electron chi connectivity index (χ1n) is 8.04. The molecule has 2 aromatic rings. The van der Waals surface area contributed by atoms with Crippen LogP contribution in [0, 0.1) is 0 Å². The van der Waals surface area contributed by atoms with E-state index < -0.39 is 12.2 Å². The van der Waals surface area contributed by atoms with E-state index >= 15 is 0 Å². The number of alkyl halides is 3. The van der Waals surface area contributed by atoms with Gasteiger partial charge in [0.15, 0.2) is 0 Å². The van der Waals surface area contributed by atoms with Crippen molar-refractivity contribution in [3.8, 4) is 0 Å². The molecule has 24 heavy (non-hydrogen) atoms. The summed E-state index contributed by atoms with van der Waals surface area (Å²) in [5.41, 5.74) is 3.62.